The molecule has 1 fully saturated rings. The molecule has 94 valence electrons. The number of nitrogens with zero attached hydrogens (tertiary/aromatic N) is 2. The Kier molecular flexibility index (Phi) is 3.09. The summed E-state index contributed by atoms with van der Waals surface area (Å²) in [4.78, 5) is 4.50. The lowest BCUT2D eigenvalue weighted by atomic mass is 10.1. The fourth-order valence-electron chi connectivity index (χ4n) is 2.58. The molecule has 0 atom stereocenters. The predicted octanol–water partition coefficient (Wildman–Crippen LogP) is 3.19. The van der Waals surface area contributed by atoms with E-state index in [9.17, 15) is 4.39 Å². The van der Waals surface area contributed by atoms with Gasteiger partial charge in [0, 0.05) is 12.3 Å². The molecule has 1 heterocycles. The van der Waals surface area contributed by atoms with Crippen molar-refractivity contribution >= 4 is 0 Å². The second-order valence-electron chi connectivity index (χ2n) is 4.89. The molecule has 4 heteroatoms. The van der Waals surface area contributed by atoms with Gasteiger partial charge in [0.05, 0.1) is 0 Å². The van der Waals surface area contributed by atoms with Crippen LogP contribution >= 0.6 is 0 Å². The lowest BCUT2D eigenvalue weighted by Gasteiger charge is -2.01. The molecule has 0 unspecified atom stereocenters. The first-order valence-electron chi connectivity index (χ1n) is 6.47. The minimum absolute atomic E-state index is 0.184. The number of nitrogens with one attached hydrogen (secondary N) is 1. The summed E-state index contributed by atoms with van der Waals surface area (Å²) in [5, 5.41) is 7.20. The summed E-state index contributed by atoms with van der Waals surface area (Å²) >= 11 is 0. The molecule has 0 amide bonds. The molecule has 18 heavy (non-hydrogen) atoms. The van der Waals surface area contributed by atoms with Crippen molar-refractivity contribution in [2.45, 2.75) is 38.0 Å². The molecule has 1 aromatic heterocycles. The Hall–Kier alpha value is -1.71. The standard InChI is InChI=1S/C14H16FN3/c15-12-8-4-3-7-11(12)9-13-16-14(18-17-13)10-5-1-2-6-10/h3-4,7-8,10H,1-2,5-6,9H2,(H,16,17,18). The van der Waals surface area contributed by atoms with E-state index in [1.807, 2.05) is 6.07 Å². The molecule has 1 N–H and O–H groups in total. The number of benzene rings is 1. The van der Waals surface area contributed by atoms with Crippen molar-refractivity contribution in [2.75, 3.05) is 0 Å². The van der Waals surface area contributed by atoms with Crippen LogP contribution in [-0.2, 0) is 6.42 Å². The fourth-order valence-corrected chi connectivity index (χ4v) is 2.58. The third-order valence-corrected chi connectivity index (χ3v) is 3.59. The number of H-pyrrole nitrogens is 1. The van der Waals surface area contributed by atoms with Gasteiger partial charge in [0.15, 0.2) is 5.82 Å². The number of hydrogen-bond donors (Lipinski definition) is 1. The Morgan fingerprint density at radius 3 is 2.78 bits per heavy atom. The maximum atomic E-state index is 13.5. The molecule has 0 radical (unpaired) electrons. The zero-order valence-electron chi connectivity index (χ0n) is 10.2. The molecule has 3 rings (SSSR count). The first-order valence-corrected chi connectivity index (χ1v) is 6.47. The van der Waals surface area contributed by atoms with Crippen LogP contribution < -0.4 is 0 Å². The summed E-state index contributed by atoms with van der Waals surface area (Å²) in [6, 6.07) is 6.80. The zero-order chi connectivity index (χ0) is 12.4. The van der Waals surface area contributed by atoms with E-state index in [2.05, 4.69) is 15.2 Å². The second kappa shape index (κ2) is 4.88. The zero-order valence-corrected chi connectivity index (χ0v) is 10.2. The van der Waals surface area contributed by atoms with Gasteiger partial charge in [-0.15, -0.1) is 0 Å². The van der Waals surface area contributed by atoms with Gasteiger partial charge in [0.2, 0.25) is 0 Å². The van der Waals surface area contributed by atoms with E-state index in [1.165, 1.54) is 31.7 Å². The number of halogens is 1. The Morgan fingerprint density at radius 2 is 2.00 bits per heavy atom. The van der Waals surface area contributed by atoms with Crippen LogP contribution in [0.15, 0.2) is 24.3 Å². The molecule has 0 spiro atoms. The highest BCUT2D eigenvalue weighted by molar-refractivity contribution is 5.21. The van der Waals surface area contributed by atoms with Crippen LogP contribution in [0, 0.1) is 5.82 Å². The SMILES string of the molecule is Fc1ccccc1Cc1nc(C2CCCC2)n[nH]1. The van der Waals surface area contributed by atoms with E-state index >= 15 is 0 Å². The van der Waals surface area contributed by atoms with Crippen LogP contribution in [0.2, 0.25) is 0 Å². The molecule has 0 bridgehead atoms. The van der Waals surface area contributed by atoms with E-state index in [-0.39, 0.29) is 5.82 Å². The molecular weight excluding hydrogens is 229 g/mol. The van der Waals surface area contributed by atoms with Gasteiger partial charge in [-0.05, 0) is 24.5 Å². The number of rotatable bonds is 3. The van der Waals surface area contributed by atoms with Crippen molar-refractivity contribution < 1.29 is 4.39 Å². The first kappa shape index (κ1) is 11.4. The minimum atomic E-state index is -0.184. The van der Waals surface area contributed by atoms with Crippen LogP contribution in [0.25, 0.3) is 0 Å². The van der Waals surface area contributed by atoms with Gasteiger partial charge in [-0.25, -0.2) is 9.37 Å². The fraction of sp³-hybridized carbons (Fsp3) is 0.429. The van der Waals surface area contributed by atoms with E-state index in [0.717, 1.165) is 11.6 Å². The van der Waals surface area contributed by atoms with Gasteiger partial charge in [0.1, 0.15) is 11.6 Å². The van der Waals surface area contributed by atoms with Gasteiger partial charge in [0.25, 0.3) is 0 Å². The van der Waals surface area contributed by atoms with Crippen LogP contribution in [0.3, 0.4) is 0 Å². The van der Waals surface area contributed by atoms with Gasteiger partial charge < -0.3 is 0 Å². The van der Waals surface area contributed by atoms with Gasteiger partial charge in [-0.2, -0.15) is 5.10 Å². The summed E-state index contributed by atoms with van der Waals surface area (Å²) < 4.78 is 13.5. The highest BCUT2D eigenvalue weighted by Gasteiger charge is 2.21. The maximum Gasteiger partial charge on any atom is 0.153 e. The molecular formula is C14H16FN3. The lowest BCUT2D eigenvalue weighted by Crippen LogP contribution is -1.96. The lowest BCUT2D eigenvalue weighted by molar-refractivity contribution is 0.612. The van der Waals surface area contributed by atoms with Gasteiger partial charge >= 0.3 is 0 Å². The normalized spacial score (nSPS) is 16.3. The molecule has 1 saturated carbocycles. The summed E-state index contributed by atoms with van der Waals surface area (Å²) in [5.74, 6) is 1.97. The molecule has 3 nitrogen and oxygen atoms in total. The Morgan fingerprint density at radius 1 is 1.22 bits per heavy atom. The molecule has 2 aromatic rings. The van der Waals surface area contributed by atoms with Crippen LogP contribution in [-0.4, -0.2) is 15.2 Å². The topological polar surface area (TPSA) is 41.6 Å². The third kappa shape index (κ3) is 2.28. The summed E-state index contributed by atoms with van der Waals surface area (Å²) in [6.07, 6.45) is 5.37. The Bertz CT molecular complexity index is 529. The van der Waals surface area contributed by atoms with E-state index < -0.39 is 0 Å². The van der Waals surface area contributed by atoms with Crippen LogP contribution in [0.5, 0.6) is 0 Å². The largest absolute Gasteiger partial charge is 0.263 e. The average Bonchev–Trinajstić information content (AvgIpc) is 3.02. The summed E-state index contributed by atoms with van der Waals surface area (Å²) in [5.41, 5.74) is 0.659. The van der Waals surface area contributed by atoms with Crippen molar-refractivity contribution in [3.05, 3.63) is 47.3 Å². The quantitative estimate of drug-likeness (QED) is 0.902. The van der Waals surface area contributed by atoms with Crippen molar-refractivity contribution in [1.29, 1.82) is 0 Å². The molecule has 0 aliphatic heterocycles. The first-order chi connectivity index (χ1) is 8.83. The summed E-state index contributed by atoms with van der Waals surface area (Å²) in [7, 11) is 0. The van der Waals surface area contributed by atoms with Crippen LogP contribution in [0.4, 0.5) is 4.39 Å². The number of aromatic nitrogens is 3. The minimum Gasteiger partial charge on any atom is -0.263 e. The van der Waals surface area contributed by atoms with Crippen molar-refractivity contribution in [1.82, 2.24) is 15.2 Å². The van der Waals surface area contributed by atoms with Gasteiger partial charge in [-0.1, -0.05) is 31.0 Å². The van der Waals surface area contributed by atoms with Crippen LogP contribution in [0.1, 0.15) is 48.8 Å². The highest BCUT2D eigenvalue weighted by atomic mass is 19.1. The highest BCUT2D eigenvalue weighted by Crippen LogP contribution is 2.31. The molecule has 0 saturated heterocycles. The van der Waals surface area contributed by atoms with E-state index in [1.54, 1.807) is 12.1 Å². The Labute approximate surface area is 105 Å². The van der Waals surface area contributed by atoms with Crippen molar-refractivity contribution in [3.63, 3.8) is 0 Å². The number of aromatic amines is 1. The molecule has 1 aliphatic carbocycles. The third-order valence-electron chi connectivity index (χ3n) is 3.59. The van der Waals surface area contributed by atoms with E-state index in [0.29, 0.717) is 17.9 Å². The Balaban J connectivity index is 1.75. The average molecular weight is 245 g/mol. The summed E-state index contributed by atoms with van der Waals surface area (Å²) in [6.45, 7) is 0. The maximum absolute atomic E-state index is 13.5. The molecule has 1 aromatic carbocycles. The molecule has 1 aliphatic rings. The van der Waals surface area contributed by atoms with E-state index in [4.69, 9.17) is 0 Å². The van der Waals surface area contributed by atoms with Gasteiger partial charge in [-0.3, -0.25) is 5.10 Å². The van der Waals surface area contributed by atoms with Crippen molar-refractivity contribution in [3.8, 4) is 0 Å². The second-order valence-corrected chi connectivity index (χ2v) is 4.89. The monoisotopic (exact) mass is 245 g/mol. The van der Waals surface area contributed by atoms with Crippen molar-refractivity contribution in [2.24, 2.45) is 0 Å². The predicted molar refractivity (Wildman–Crippen MR) is 66.8 cm³/mol. The number of hydrogen-bond acceptors (Lipinski definition) is 2. The smallest absolute Gasteiger partial charge is 0.153 e.